The Bertz CT molecular complexity index is 898. The summed E-state index contributed by atoms with van der Waals surface area (Å²) < 4.78 is 15.8. The summed E-state index contributed by atoms with van der Waals surface area (Å²) in [6.07, 6.45) is 2.80. The predicted molar refractivity (Wildman–Crippen MR) is 103 cm³/mol. The predicted octanol–water partition coefficient (Wildman–Crippen LogP) is 3.96. The summed E-state index contributed by atoms with van der Waals surface area (Å²) in [7, 11) is 0. The van der Waals surface area contributed by atoms with Gasteiger partial charge in [0.2, 0.25) is 0 Å². The molecule has 0 radical (unpaired) electrons. The Morgan fingerprint density at radius 3 is 2.59 bits per heavy atom. The van der Waals surface area contributed by atoms with E-state index in [-0.39, 0.29) is 0 Å². The maximum Gasteiger partial charge on any atom is 0.331 e. The second kappa shape index (κ2) is 8.79. The van der Waals surface area contributed by atoms with Crippen molar-refractivity contribution >= 4 is 46.8 Å². The van der Waals surface area contributed by atoms with Gasteiger partial charge in [-0.3, -0.25) is 4.79 Å². The van der Waals surface area contributed by atoms with Crippen LogP contribution in [0, 0.1) is 0 Å². The SMILES string of the molecule is O=C(COC(=O)/C=C/c1ccc2c(c1)OCCO2)Nc1ccc(Cl)c(Cl)c1. The third-order valence-electron chi connectivity index (χ3n) is 3.53. The van der Waals surface area contributed by atoms with Gasteiger partial charge in [0.15, 0.2) is 18.1 Å². The normalized spacial score (nSPS) is 12.7. The van der Waals surface area contributed by atoms with Gasteiger partial charge >= 0.3 is 5.97 Å². The first kappa shape index (κ1) is 19.1. The lowest BCUT2D eigenvalue weighted by atomic mass is 10.2. The van der Waals surface area contributed by atoms with E-state index in [9.17, 15) is 9.59 Å². The topological polar surface area (TPSA) is 73.9 Å². The average Bonchev–Trinajstić information content (AvgIpc) is 2.67. The summed E-state index contributed by atoms with van der Waals surface area (Å²) >= 11 is 11.7. The number of ether oxygens (including phenoxy) is 3. The van der Waals surface area contributed by atoms with Crippen molar-refractivity contribution in [3.05, 3.63) is 58.1 Å². The van der Waals surface area contributed by atoms with Crippen LogP contribution in [0.4, 0.5) is 5.69 Å². The number of anilines is 1. The summed E-state index contributed by atoms with van der Waals surface area (Å²) in [5.41, 5.74) is 1.20. The fourth-order valence-corrected chi connectivity index (χ4v) is 2.58. The highest BCUT2D eigenvalue weighted by Crippen LogP contribution is 2.31. The van der Waals surface area contributed by atoms with E-state index in [1.54, 1.807) is 36.4 Å². The summed E-state index contributed by atoms with van der Waals surface area (Å²) in [5.74, 6) is 0.154. The summed E-state index contributed by atoms with van der Waals surface area (Å²) in [6, 6.07) is 9.97. The molecule has 0 aliphatic carbocycles. The fourth-order valence-electron chi connectivity index (χ4n) is 2.28. The third-order valence-corrected chi connectivity index (χ3v) is 4.27. The van der Waals surface area contributed by atoms with E-state index in [2.05, 4.69) is 5.32 Å². The molecule has 1 amide bonds. The molecule has 0 saturated carbocycles. The van der Waals surface area contributed by atoms with E-state index in [1.165, 1.54) is 12.1 Å². The minimum atomic E-state index is -0.644. The number of hydrogen-bond donors (Lipinski definition) is 1. The summed E-state index contributed by atoms with van der Waals surface area (Å²) in [5, 5.41) is 3.25. The first-order valence-corrected chi connectivity index (χ1v) is 8.76. The number of benzene rings is 2. The highest BCUT2D eigenvalue weighted by atomic mass is 35.5. The molecule has 0 aromatic heterocycles. The molecule has 3 rings (SSSR count). The van der Waals surface area contributed by atoms with Crippen LogP contribution in [0.15, 0.2) is 42.5 Å². The molecule has 8 heteroatoms. The molecule has 2 aromatic carbocycles. The van der Waals surface area contributed by atoms with Crippen molar-refractivity contribution in [2.75, 3.05) is 25.1 Å². The van der Waals surface area contributed by atoms with Crippen molar-refractivity contribution in [3.8, 4) is 11.5 Å². The van der Waals surface area contributed by atoms with Gasteiger partial charge < -0.3 is 19.5 Å². The lowest BCUT2D eigenvalue weighted by Crippen LogP contribution is -2.20. The van der Waals surface area contributed by atoms with Gasteiger partial charge in [-0.1, -0.05) is 29.3 Å². The van der Waals surface area contributed by atoms with Crippen LogP contribution in [-0.4, -0.2) is 31.7 Å². The Kier molecular flexibility index (Phi) is 6.21. The molecule has 0 spiro atoms. The standard InChI is InChI=1S/C19H15Cl2NO5/c20-14-4-3-13(10-15(14)21)22-18(23)11-27-19(24)6-2-12-1-5-16-17(9-12)26-8-7-25-16/h1-6,9-10H,7-8,11H2,(H,22,23)/b6-2+. The molecule has 1 aliphatic rings. The fraction of sp³-hybridized carbons (Fsp3) is 0.158. The molecule has 6 nitrogen and oxygen atoms in total. The monoisotopic (exact) mass is 407 g/mol. The second-order valence-electron chi connectivity index (χ2n) is 5.52. The number of esters is 1. The largest absolute Gasteiger partial charge is 0.486 e. The number of rotatable bonds is 5. The first-order chi connectivity index (χ1) is 13.0. The van der Waals surface area contributed by atoms with E-state index in [4.69, 9.17) is 37.4 Å². The van der Waals surface area contributed by atoms with Crippen LogP contribution in [0.1, 0.15) is 5.56 Å². The first-order valence-electron chi connectivity index (χ1n) is 8.00. The van der Waals surface area contributed by atoms with Crippen molar-refractivity contribution in [2.24, 2.45) is 0 Å². The minimum Gasteiger partial charge on any atom is -0.486 e. The average molecular weight is 408 g/mol. The number of fused-ring (bicyclic) bond motifs is 1. The second-order valence-corrected chi connectivity index (χ2v) is 6.34. The van der Waals surface area contributed by atoms with E-state index < -0.39 is 18.5 Å². The Morgan fingerprint density at radius 1 is 1.04 bits per heavy atom. The molecule has 0 bridgehead atoms. The van der Waals surface area contributed by atoms with Crippen LogP contribution < -0.4 is 14.8 Å². The van der Waals surface area contributed by atoms with Gasteiger partial charge in [0, 0.05) is 11.8 Å². The minimum absolute atomic E-state index is 0.314. The molecule has 140 valence electrons. The van der Waals surface area contributed by atoms with Crippen LogP contribution in [0.2, 0.25) is 10.0 Å². The van der Waals surface area contributed by atoms with E-state index in [0.717, 1.165) is 5.56 Å². The van der Waals surface area contributed by atoms with Gasteiger partial charge in [-0.15, -0.1) is 0 Å². The van der Waals surface area contributed by atoms with E-state index in [0.29, 0.717) is 40.4 Å². The summed E-state index contributed by atoms with van der Waals surface area (Å²) in [4.78, 5) is 23.6. The van der Waals surface area contributed by atoms with Crippen molar-refractivity contribution in [2.45, 2.75) is 0 Å². The van der Waals surface area contributed by atoms with Crippen LogP contribution in [-0.2, 0) is 14.3 Å². The molecule has 0 atom stereocenters. The quantitative estimate of drug-likeness (QED) is 0.599. The zero-order valence-corrected chi connectivity index (χ0v) is 15.5. The third kappa shape index (κ3) is 5.39. The van der Waals surface area contributed by atoms with Gasteiger partial charge in [0.1, 0.15) is 13.2 Å². The molecule has 1 heterocycles. The highest BCUT2D eigenvalue weighted by Gasteiger charge is 2.11. The number of amides is 1. The lowest BCUT2D eigenvalue weighted by molar-refractivity contribution is -0.142. The van der Waals surface area contributed by atoms with E-state index >= 15 is 0 Å². The van der Waals surface area contributed by atoms with Crippen LogP contribution in [0.5, 0.6) is 11.5 Å². The Hall–Kier alpha value is -2.70. The van der Waals surface area contributed by atoms with Crippen molar-refractivity contribution in [1.29, 1.82) is 0 Å². The number of carbonyl (C=O) groups excluding carboxylic acids is 2. The number of nitrogens with one attached hydrogen (secondary N) is 1. The molecular formula is C19H15Cl2NO5. The Labute approximate surface area is 165 Å². The zero-order valence-electron chi connectivity index (χ0n) is 14.0. The van der Waals surface area contributed by atoms with Crippen molar-refractivity contribution < 1.29 is 23.8 Å². The molecular weight excluding hydrogens is 393 g/mol. The number of carbonyl (C=O) groups is 2. The van der Waals surface area contributed by atoms with Crippen molar-refractivity contribution in [1.82, 2.24) is 0 Å². The molecule has 27 heavy (non-hydrogen) atoms. The van der Waals surface area contributed by atoms with Gasteiger partial charge in [-0.25, -0.2) is 4.79 Å². The summed E-state index contributed by atoms with van der Waals surface area (Å²) in [6.45, 7) is 0.569. The molecule has 0 unspecified atom stereocenters. The number of hydrogen-bond acceptors (Lipinski definition) is 5. The molecule has 1 aliphatic heterocycles. The smallest absolute Gasteiger partial charge is 0.331 e. The van der Waals surface area contributed by atoms with Crippen molar-refractivity contribution in [3.63, 3.8) is 0 Å². The highest BCUT2D eigenvalue weighted by molar-refractivity contribution is 6.42. The lowest BCUT2D eigenvalue weighted by Gasteiger charge is -2.18. The van der Waals surface area contributed by atoms with Gasteiger partial charge in [-0.2, -0.15) is 0 Å². The van der Waals surface area contributed by atoms with E-state index in [1.807, 2.05) is 0 Å². The zero-order chi connectivity index (χ0) is 19.2. The Balaban J connectivity index is 1.49. The molecule has 1 N–H and O–H groups in total. The Morgan fingerprint density at radius 2 is 1.81 bits per heavy atom. The van der Waals surface area contributed by atoms with Gasteiger partial charge in [0.25, 0.3) is 5.91 Å². The van der Waals surface area contributed by atoms with Gasteiger partial charge in [0.05, 0.1) is 10.0 Å². The molecule has 0 fully saturated rings. The van der Waals surface area contributed by atoms with Gasteiger partial charge in [-0.05, 0) is 42.0 Å². The number of halogens is 2. The maximum absolute atomic E-state index is 11.8. The van der Waals surface area contributed by atoms with Crippen LogP contribution in [0.3, 0.4) is 0 Å². The van der Waals surface area contributed by atoms with Crippen LogP contribution in [0.25, 0.3) is 6.08 Å². The molecule has 0 saturated heterocycles. The van der Waals surface area contributed by atoms with Crippen LogP contribution >= 0.6 is 23.2 Å². The molecule has 2 aromatic rings. The maximum atomic E-state index is 11.8.